The van der Waals surface area contributed by atoms with Crippen molar-refractivity contribution in [1.82, 2.24) is 4.57 Å². The Bertz CT molecular complexity index is 3290. The fourth-order valence-corrected chi connectivity index (χ4v) is 8.96. The molecule has 1 aromatic heterocycles. The van der Waals surface area contributed by atoms with Gasteiger partial charge in [-0.2, -0.15) is 0 Å². The van der Waals surface area contributed by atoms with Crippen molar-refractivity contribution in [2.75, 3.05) is 4.90 Å². The minimum atomic E-state index is 1.09. The number of hydrogen-bond acceptors (Lipinski definition) is 1. The first kappa shape index (κ1) is 35.2. The molecule has 11 aromatic rings. The number of aromatic nitrogens is 1. The number of para-hydroxylation sites is 1. The molecule has 0 radical (unpaired) electrons. The van der Waals surface area contributed by atoms with Crippen LogP contribution in [0.1, 0.15) is 0 Å². The van der Waals surface area contributed by atoms with Crippen molar-refractivity contribution in [3.63, 3.8) is 0 Å². The first-order valence-electron chi connectivity index (χ1n) is 20.6. The molecule has 0 fully saturated rings. The summed E-state index contributed by atoms with van der Waals surface area (Å²) in [7, 11) is 0. The van der Waals surface area contributed by atoms with Crippen LogP contribution >= 0.6 is 0 Å². The maximum atomic E-state index is 2.42. The molecule has 0 bridgehead atoms. The molecule has 1 heterocycles. The Morgan fingerprint density at radius 1 is 0.283 bits per heavy atom. The van der Waals surface area contributed by atoms with E-state index in [2.05, 4.69) is 252 Å². The van der Waals surface area contributed by atoms with Crippen molar-refractivity contribution >= 4 is 49.6 Å². The Morgan fingerprint density at radius 3 is 1.47 bits per heavy atom. The molecular weight excluding hydrogens is 725 g/mol. The Balaban J connectivity index is 1.08. The number of anilines is 3. The number of hydrogen-bond donors (Lipinski definition) is 0. The molecule has 282 valence electrons. The van der Waals surface area contributed by atoms with Gasteiger partial charge in [-0.1, -0.05) is 176 Å². The van der Waals surface area contributed by atoms with Crippen molar-refractivity contribution < 1.29 is 0 Å². The summed E-state index contributed by atoms with van der Waals surface area (Å²) >= 11 is 0. The molecule has 2 nitrogen and oxygen atoms in total. The molecule has 0 aliphatic carbocycles. The summed E-state index contributed by atoms with van der Waals surface area (Å²) < 4.78 is 2.42. The predicted molar refractivity (Wildman–Crippen MR) is 255 cm³/mol. The van der Waals surface area contributed by atoms with E-state index in [1.54, 1.807) is 0 Å². The normalized spacial score (nSPS) is 11.3. The van der Waals surface area contributed by atoms with Crippen LogP contribution in [-0.2, 0) is 0 Å². The first-order chi connectivity index (χ1) is 29.8. The standard InChI is InChI=1S/C58H40N2/c1-4-17-41(18-5-1)44-23-14-27-50(37-44)59(49-35-33-43(34-36-49)53-30-13-12-29-52(53)42-19-6-2-7-20-42)51-28-15-24-47(38-51)54-31-16-32-56-58(54)55-39-45-21-10-11-22-46(45)40-57(55)60(56)48-25-8-3-9-26-48/h1-40H. The molecule has 0 saturated heterocycles. The highest BCUT2D eigenvalue weighted by Crippen LogP contribution is 2.43. The van der Waals surface area contributed by atoms with E-state index in [0.29, 0.717) is 0 Å². The fourth-order valence-electron chi connectivity index (χ4n) is 8.96. The van der Waals surface area contributed by atoms with E-state index in [1.165, 1.54) is 71.5 Å². The molecule has 11 rings (SSSR count). The molecule has 0 aliphatic heterocycles. The molecule has 60 heavy (non-hydrogen) atoms. The van der Waals surface area contributed by atoms with Gasteiger partial charge in [0.05, 0.1) is 11.0 Å². The van der Waals surface area contributed by atoms with Crippen LogP contribution in [0.5, 0.6) is 0 Å². The van der Waals surface area contributed by atoms with E-state index in [0.717, 1.165) is 28.3 Å². The molecule has 0 spiro atoms. The lowest BCUT2D eigenvalue weighted by molar-refractivity contribution is 1.18. The quantitative estimate of drug-likeness (QED) is 0.150. The van der Waals surface area contributed by atoms with Gasteiger partial charge >= 0.3 is 0 Å². The third kappa shape index (κ3) is 6.32. The summed E-state index contributed by atoms with van der Waals surface area (Å²) in [6.07, 6.45) is 0. The maximum Gasteiger partial charge on any atom is 0.0547 e. The van der Waals surface area contributed by atoms with Crippen molar-refractivity contribution in [2.45, 2.75) is 0 Å². The van der Waals surface area contributed by atoms with Crippen molar-refractivity contribution in [1.29, 1.82) is 0 Å². The van der Waals surface area contributed by atoms with E-state index in [1.807, 2.05) is 0 Å². The van der Waals surface area contributed by atoms with Crippen LogP contribution in [0.2, 0.25) is 0 Å². The van der Waals surface area contributed by atoms with Crippen LogP contribution < -0.4 is 4.90 Å². The average Bonchev–Trinajstić information content (AvgIpc) is 3.65. The number of nitrogens with zero attached hydrogens (tertiary/aromatic N) is 2. The van der Waals surface area contributed by atoms with Crippen molar-refractivity contribution in [3.8, 4) is 50.2 Å². The Morgan fingerprint density at radius 2 is 0.783 bits per heavy atom. The Hall–Kier alpha value is -7.94. The molecule has 0 N–H and O–H groups in total. The van der Waals surface area contributed by atoms with E-state index in [9.17, 15) is 0 Å². The van der Waals surface area contributed by atoms with Gasteiger partial charge in [0, 0.05) is 33.5 Å². The SMILES string of the molecule is c1ccc(-c2cccc(N(c3ccc(-c4ccccc4-c4ccccc4)cc3)c3cccc(-c4cccc5c4c4cc6ccccc6cc4n5-c4ccccc4)c3)c2)cc1. The second kappa shape index (κ2) is 15.1. The summed E-state index contributed by atoms with van der Waals surface area (Å²) in [5.74, 6) is 0. The summed E-state index contributed by atoms with van der Waals surface area (Å²) in [5, 5.41) is 4.96. The van der Waals surface area contributed by atoms with Crippen LogP contribution in [-0.4, -0.2) is 4.57 Å². The summed E-state index contributed by atoms with van der Waals surface area (Å²) in [4.78, 5) is 2.39. The van der Waals surface area contributed by atoms with Gasteiger partial charge in [-0.05, 0) is 122 Å². The van der Waals surface area contributed by atoms with Crippen molar-refractivity contribution in [2.24, 2.45) is 0 Å². The third-order valence-corrected chi connectivity index (χ3v) is 11.7. The lowest BCUT2D eigenvalue weighted by Crippen LogP contribution is -2.10. The molecule has 0 saturated carbocycles. The molecule has 0 amide bonds. The van der Waals surface area contributed by atoms with Gasteiger partial charge in [0.15, 0.2) is 0 Å². The van der Waals surface area contributed by atoms with Gasteiger partial charge in [0.1, 0.15) is 0 Å². The van der Waals surface area contributed by atoms with Crippen LogP contribution in [0, 0.1) is 0 Å². The van der Waals surface area contributed by atoms with Crippen LogP contribution in [0.3, 0.4) is 0 Å². The molecule has 0 aliphatic rings. The average molecular weight is 765 g/mol. The predicted octanol–water partition coefficient (Wildman–Crippen LogP) is 16.1. The zero-order chi connectivity index (χ0) is 39.8. The minimum Gasteiger partial charge on any atom is -0.310 e. The van der Waals surface area contributed by atoms with Crippen LogP contribution in [0.25, 0.3) is 82.8 Å². The topological polar surface area (TPSA) is 8.17 Å². The van der Waals surface area contributed by atoms with E-state index < -0.39 is 0 Å². The summed E-state index contributed by atoms with van der Waals surface area (Å²) in [5.41, 5.74) is 16.4. The number of rotatable bonds is 8. The second-order valence-corrected chi connectivity index (χ2v) is 15.3. The summed E-state index contributed by atoms with van der Waals surface area (Å²) in [6.45, 7) is 0. The second-order valence-electron chi connectivity index (χ2n) is 15.3. The molecular formula is C58H40N2. The minimum absolute atomic E-state index is 1.09. The fraction of sp³-hybridized carbons (Fsp3) is 0. The largest absolute Gasteiger partial charge is 0.310 e. The van der Waals surface area contributed by atoms with E-state index in [-0.39, 0.29) is 0 Å². The summed E-state index contributed by atoms with van der Waals surface area (Å²) in [6, 6.07) is 87.9. The third-order valence-electron chi connectivity index (χ3n) is 11.7. The van der Waals surface area contributed by atoms with Gasteiger partial charge in [-0.15, -0.1) is 0 Å². The van der Waals surface area contributed by atoms with Gasteiger partial charge in [0.25, 0.3) is 0 Å². The Labute approximate surface area is 350 Å². The highest BCUT2D eigenvalue weighted by molar-refractivity contribution is 6.18. The number of benzene rings is 10. The van der Waals surface area contributed by atoms with Crippen LogP contribution in [0.4, 0.5) is 17.1 Å². The smallest absolute Gasteiger partial charge is 0.0547 e. The van der Waals surface area contributed by atoms with Gasteiger partial charge < -0.3 is 9.47 Å². The number of fused-ring (bicyclic) bond motifs is 4. The monoisotopic (exact) mass is 764 g/mol. The lowest BCUT2D eigenvalue weighted by atomic mass is 9.94. The molecule has 10 aromatic carbocycles. The first-order valence-corrected chi connectivity index (χ1v) is 20.6. The highest BCUT2D eigenvalue weighted by Gasteiger charge is 2.20. The molecule has 0 unspecified atom stereocenters. The zero-order valence-corrected chi connectivity index (χ0v) is 33.0. The van der Waals surface area contributed by atoms with Gasteiger partial charge in [-0.25, -0.2) is 0 Å². The van der Waals surface area contributed by atoms with Crippen molar-refractivity contribution in [3.05, 3.63) is 243 Å². The molecule has 2 heteroatoms. The lowest BCUT2D eigenvalue weighted by Gasteiger charge is -2.27. The van der Waals surface area contributed by atoms with Gasteiger partial charge in [0.2, 0.25) is 0 Å². The van der Waals surface area contributed by atoms with Gasteiger partial charge in [-0.3, -0.25) is 0 Å². The maximum absolute atomic E-state index is 2.42. The van der Waals surface area contributed by atoms with E-state index >= 15 is 0 Å². The zero-order valence-electron chi connectivity index (χ0n) is 33.0. The van der Waals surface area contributed by atoms with E-state index in [4.69, 9.17) is 0 Å². The molecule has 0 atom stereocenters. The highest BCUT2D eigenvalue weighted by atomic mass is 15.1. The van der Waals surface area contributed by atoms with Crippen LogP contribution in [0.15, 0.2) is 243 Å². The Kier molecular flexibility index (Phi) is 8.87.